The molecule has 0 bridgehead atoms. The first-order valence-electron chi connectivity index (χ1n) is 10.3. The number of carbonyl (C=O) groups is 1. The number of allylic oxidation sites excluding steroid dienone is 2. The third-order valence-electron chi connectivity index (χ3n) is 5.86. The van der Waals surface area contributed by atoms with Crippen LogP contribution in [0, 0.1) is 11.2 Å². The first-order chi connectivity index (χ1) is 15.2. The van der Waals surface area contributed by atoms with Crippen LogP contribution in [0.4, 0.5) is 4.39 Å². The summed E-state index contributed by atoms with van der Waals surface area (Å²) >= 11 is 7.22. The number of hydrogen-bond acceptors (Lipinski definition) is 4. The highest BCUT2D eigenvalue weighted by atomic mass is 35.5. The third-order valence-corrected chi connectivity index (χ3v) is 7.10. The van der Waals surface area contributed by atoms with Crippen LogP contribution in [-0.2, 0) is 4.79 Å². The Morgan fingerprint density at radius 3 is 2.56 bits per heavy atom. The summed E-state index contributed by atoms with van der Waals surface area (Å²) in [6.07, 6.45) is 2.71. The van der Waals surface area contributed by atoms with Crippen LogP contribution in [0.25, 0.3) is 6.08 Å². The molecule has 5 rings (SSSR count). The molecule has 0 N–H and O–H groups in total. The molecule has 0 fully saturated rings. The predicted octanol–water partition coefficient (Wildman–Crippen LogP) is 4.40. The van der Waals surface area contributed by atoms with Gasteiger partial charge in [-0.25, -0.2) is 9.38 Å². The van der Waals surface area contributed by atoms with Crippen molar-refractivity contribution < 1.29 is 9.18 Å². The van der Waals surface area contributed by atoms with Gasteiger partial charge in [-0.1, -0.05) is 67.1 Å². The van der Waals surface area contributed by atoms with Crippen molar-refractivity contribution in [1.82, 2.24) is 4.57 Å². The molecule has 0 saturated carbocycles. The zero-order valence-electron chi connectivity index (χ0n) is 17.6. The SMILES string of the molecule is CC1(C)CC(=O)C2=C(C1)N=c1sc(=Cc3ccc(Cl)cc3)c(=O)n1C2c1ccccc1F. The van der Waals surface area contributed by atoms with E-state index in [2.05, 4.69) is 0 Å². The Bertz CT molecular complexity index is 1460. The van der Waals surface area contributed by atoms with Gasteiger partial charge in [-0.3, -0.25) is 14.2 Å². The van der Waals surface area contributed by atoms with Gasteiger partial charge in [0.05, 0.1) is 16.3 Å². The normalized spacial score (nSPS) is 20.1. The van der Waals surface area contributed by atoms with Crippen LogP contribution in [-0.4, -0.2) is 10.4 Å². The monoisotopic (exact) mass is 466 g/mol. The van der Waals surface area contributed by atoms with Crippen LogP contribution >= 0.6 is 22.9 Å². The number of benzene rings is 2. The molecule has 0 spiro atoms. The summed E-state index contributed by atoms with van der Waals surface area (Å²) in [5, 5.41) is 0.608. The lowest BCUT2D eigenvalue weighted by Gasteiger charge is -2.35. The molecule has 1 aromatic heterocycles. The second kappa shape index (κ2) is 7.64. The fraction of sp³-hybridized carbons (Fsp3) is 0.240. The summed E-state index contributed by atoms with van der Waals surface area (Å²) in [7, 11) is 0. The number of fused-ring (bicyclic) bond motifs is 1. The van der Waals surface area contributed by atoms with Crippen molar-refractivity contribution in [3.63, 3.8) is 0 Å². The Hall–Kier alpha value is -2.83. The number of nitrogens with zero attached hydrogens (tertiary/aromatic N) is 2. The minimum absolute atomic E-state index is 0.0831. The Morgan fingerprint density at radius 2 is 1.84 bits per heavy atom. The number of carbonyl (C=O) groups excluding carboxylic acids is 1. The van der Waals surface area contributed by atoms with E-state index in [-0.39, 0.29) is 16.8 Å². The third kappa shape index (κ3) is 3.57. The highest BCUT2D eigenvalue weighted by molar-refractivity contribution is 7.07. The van der Waals surface area contributed by atoms with Crippen LogP contribution in [0.1, 0.15) is 43.9 Å². The second-order valence-corrected chi connectivity index (χ2v) is 10.4. The fourth-order valence-electron chi connectivity index (χ4n) is 4.45. The molecule has 2 heterocycles. The molecule has 1 aliphatic heterocycles. The van der Waals surface area contributed by atoms with Crippen molar-refractivity contribution in [3.8, 4) is 0 Å². The minimum Gasteiger partial charge on any atom is -0.294 e. The molecule has 3 aromatic rings. The maximum atomic E-state index is 14.9. The average molecular weight is 467 g/mol. The van der Waals surface area contributed by atoms with Gasteiger partial charge in [-0.2, -0.15) is 0 Å². The number of aromatic nitrogens is 1. The standard InChI is InChI=1S/C25H20ClFN2O2S/c1-25(2)12-18-21(19(30)13-25)22(16-5-3-4-6-17(16)27)29-23(31)20(32-24(29)28-18)11-14-7-9-15(26)10-8-14/h3-11,22H,12-13H2,1-2H3. The van der Waals surface area contributed by atoms with Crippen molar-refractivity contribution in [2.24, 2.45) is 10.4 Å². The molecule has 2 aliphatic rings. The molecule has 162 valence electrons. The molecule has 1 unspecified atom stereocenters. The van der Waals surface area contributed by atoms with E-state index in [1.54, 1.807) is 36.4 Å². The van der Waals surface area contributed by atoms with Crippen molar-refractivity contribution in [2.75, 3.05) is 0 Å². The van der Waals surface area contributed by atoms with E-state index in [0.29, 0.717) is 44.0 Å². The Kier molecular flexibility index (Phi) is 5.02. The lowest BCUT2D eigenvalue weighted by molar-refractivity contribution is -0.118. The molecular weight excluding hydrogens is 447 g/mol. The van der Waals surface area contributed by atoms with Gasteiger partial charge in [-0.15, -0.1) is 0 Å². The number of rotatable bonds is 2. The first kappa shape index (κ1) is 21.0. The number of ketones is 1. The van der Waals surface area contributed by atoms with Gasteiger partial charge in [-0.05, 0) is 41.7 Å². The molecule has 0 radical (unpaired) electrons. The second-order valence-electron chi connectivity index (χ2n) is 8.96. The van der Waals surface area contributed by atoms with E-state index in [4.69, 9.17) is 16.6 Å². The van der Waals surface area contributed by atoms with Crippen molar-refractivity contribution in [1.29, 1.82) is 0 Å². The zero-order chi connectivity index (χ0) is 22.6. The van der Waals surface area contributed by atoms with Gasteiger partial charge in [0.1, 0.15) is 5.82 Å². The quantitative estimate of drug-likeness (QED) is 0.562. The van der Waals surface area contributed by atoms with Crippen molar-refractivity contribution in [3.05, 3.63) is 101 Å². The molecule has 2 aromatic carbocycles. The molecule has 32 heavy (non-hydrogen) atoms. The van der Waals surface area contributed by atoms with E-state index in [9.17, 15) is 14.0 Å². The van der Waals surface area contributed by atoms with E-state index >= 15 is 0 Å². The predicted molar refractivity (Wildman–Crippen MR) is 124 cm³/mol. The molecule has 0 amide bonds. The lowest BCUT2D eigenvalue weighted by Crippen LogP contribution is -2.42. The van der Waals surface area contributed by atoms with Gasteiger partial charge in [0.25, 0.3) is 5.56 Å². The van der Waals surface area contributed by atoms with E-state index in [1.165, 1.54) is 22.0 Å². The summed E-state index contributed by atoms with van der Waals surface area (Å²) in [5.41, 5.74) is 1.68. The summed E-state index contributed by atoms with van der Waals surface area (Å²) in [5.74, 6) is -0.531. The summed E-state index contributed by atoms with van der Waals surface area (Å²) < 4.78 is 16.9. The maximum absolute atomic E-state index is 14.9. The molecular formula is C25H20ClFN2O2S. The largest absolute Gasteiger partial charge is 0.294 e. The number of Topliss-reactive ketones (excluding diaryl/α,β-unsaturated/α-hetero) is 1. The lowest BCUT2D eigenvalue weighted by atomic mass is 9.73. The summed E-state index contributed by atoms with van der Waals surface area (Å²) in [6, 6.07) is 12.7. The topological polar surface area (TPSA) is 51.4 Å². The van der Waals surface area contributed by atoms with E-state index in [0.717, 1.165) is 5.56 Å². The Balaban J connectivity index is 1.79. The van der Waals surface area contributed by atoms with Gasteiger partial charge >= 0.3 is 0 Å². The van der Waals surface area contributed by atoms with Crippen LogP contribution in [0.15, 0.2) is 69.6 Å². The molecule has 1 aliphatic carbocycles. The number of hydrogen-bond donors (Lipinski definition) is 0. The number of thiazole rings is 1. The average Bonchev–Trinajstić information content (AvgIpc) is 3.03. The molecule has 0 saturated heterocycles. The highest BCUT2D eigenvalue weighted by Crippen LogP contribution is 2.43. The summed E-state index contributed by atoms with van der Waals surface area (Å²) in [4.78, 5) is 31.9. The molecule has 1 atom stereocenters. The fourth-order valence-corrected chi connectivity index (χ4v) is 5.60. The smallest absolute Gasteiger partial charge is 0.271 e. The molecule has 7 heteroatoms. The minimum atomic E-state index is -0.821. The highest BCUT2D eigenvalue weighted by Gasteiger charge is 2.41. The summed E-state index contributed by atoms with van der Waals surface area (Å²) in [6.45, 7) is 4.05. The van der Waals surface area contributed by atoms with Crippen molar-refractivity contribution in [2.45, 2.75) is 32.7 Å². The van der Waals surface area contributed by atoms with Crippen LogP contribution in [0.5, 0.6) is 0 Å². The van der Waals surface area contributed by atoms with Gasteiger partial charge in [0.2, 0.25) is 0 Å². The number of halogens is 2. The van der Waals surface area contributed by atoms with Crippen molar-refractivity contribution >= 4 is 34.8 Å². The van der Waals surface area contributed by atoms with E-state index < -0.39 is 11.9 Å². The van der Waals surface area contributed by atoms with Crippen LogP contribution < -0.4 is 14.9 Å². The van der Waals surface area contributed by atoms with Gasteiger partial charge in [0, 0.05) is 22.6 Å². The Morgan fingerprint density at radius 1 is 1.12 bits per heavy atom. The van der Waals surface area contributed by atoms with Crippen LogP contribution in [0.2, 0.25) is 5.02 Å². The van der Waals surface area contributed by atoms with Gasteiger partial charge in [0.15, 0.2) is 10.6 Å². The molecule has 4 nitrogen and oxygen atoms in total. The maximum Gasteiger partial charge on any atom is 0.271 e. The van der Waals surface area contributed by atoms with Crippen LogP contribution in [0.3, 0.4) is 0 Å². The zero-order valence-corrected chi connectivity index (χ0v) is 19.1. The van der Waals surface area contributed by atoms with Gasteiger partial charge < -0.3 is 0 Å². The first-order valence-corrected chi connectivity index (χ1v) is 11.5. The van der Waals surface area contributed by atoms with E-state index in [1.807, 2.05) is 26.0 Å². The Labute approximate surface area is 193 Å².